The van der Waals surface area contributed by atoms with Gasteiger partial charge in [-0.15, -0.1) is 0 Å². The quantitative estimate of drug-likeness (QED) is 0.792. The molecule has 1 saturated heterocycles. The van der Waals surface area contributed by atoms with Crippen molar-refractivity contribution in [3.63, 3.8) is 0 Å². The van der Waals surface area contributed by atoms with Crippen molar-refractivity contribution < 1.29 is 22.4 Å². The first-order chi connectivity index (χ1) is 13.4. The smallest absolute Gasteiger partial charge is 0.263 e. The molecular formula is C21H20F4N2O. The average Bonchev–Trinajstić information content (AvgIpc) is 3.33. The average molecular weight is 392 g/mol. The molecule has 2 aliphatic rings. The van der Waals surface area contributed by atoms with E-state index in [9.17, 15) is 22.4 Å². The molecule has 1 aliphatic carbocycles. The van der Waals surface area contributed by atoms with E-state index in [4.69, 9.17) is 5.73 Å². The largest absolute Gasteiger partial charge is 0.341 e. The van der Waals surface area contributed by atoms with E-state index in [1.807, 2.05) is 0 Å². The van der Waals surface area contributed by atoms with Gasteiger partial charge in [-0.1, -0.05) is 18.2 Å². The molecule has 1 saturated carbocycles. The zero-order chi connectivity index (χ0) is 20.0. The minimum Gasteiger partial charge on any atom is -0.341 e. The molecule has 7 heteroatoms. The van der Waals surface area contributed by atoms with Gasteiger partial charge in [-0.05, 0) is 48.1 Å². The fourth-order valence-corrected chi connectivity index (χ4v) is 4.04. The van der Waals surface area contributed by atoms with E-state index >= 15 is 0 Å². The molecule has 3 unspecified atom stereocenters. The van der Waals surface area contributed by atoms with Crippen LogP contribution in [0.25, 0.3) is 11.1 Å². The van der Waals surface area contributed by atoms with Crippen LogP contribution in [0.4, 0.5) is 17.6 Å². The zero-order valence-corrected chi connectivity index (χ0v) is 15.0. The van der Waals surface area contributed by atoms with Crippen LogP contribution < -0.4 is 5.73 Å². The van der Waals surface area contributed by atoms with E-state index in [1.165, 1.54) is 18.2 Å². The summed E-state index contributed by atoms with van der Waals surface area (Å²) in [6.07, 6.45) is -1.48. The lowest BCUT2D eigenvalue weighted by molar-refractivity contribution is -0.131. The molecule has 148 valence electrons. The second kappa shape index (κ2) is 7.20. The van der Waals surface area contributed by atoms with Gasteiger partial charge in [-0.25, -0.2) is 17.6 Å². The Morgan fingerprint density at radius 2 is 1.86 bits per heavy atom. The number of hydrogen-bond donors (Lipinski definition) is 1. The Labute approximate surface area is 160 Å². The highest BCUT2D eigenvalue weighted by Crippen LogP contribution is 2.52. The maximum absolute atomic E-state index is 14.4. The number of likely N-dealkylation sites (tertiary alicyclic amines) is 1. The first-order valence-electron chi connectivity index (χ1n) is 9.27. The van der Waals surface area contributed by atoms with E-state index < -0.39 is 18.1 Å². The van der Waals surface area contributed by atoms with Crippen LogP contribution >= 0.6 is 0 Å². The van der Waals surface area contributed by atoms with E-state index in [0.29, 0.717) is 25.1 Å². The highest BCUT2D eigenvalue weighted by Gasteiger charge is 2.47. The molecule has 4 rings (SSSR count). The van der Waals surface area contributed by atoms with E-state index in [-0.39, 0.29) is 40.5 Å². The number of benzene rings is 2. The SMILES string of the molecule is NC1CCN(C(=O)C2CC2c2ccc(C(F)F)cc2-c2c(F)cccc2F)C1. The highest BCUT2D eigenvalue weighted by atomic mass is 19.3. The molecule has 3 nitrogen and oxygen atoms in total. The van der Waals surface area contributed by atoms with E-state index in [2.05, 4.69) is 0 Å². The topological polar surface area (TPSA) is 46.3 Å². The number of nitrogens with zero attached hydrogens (tertiary/aromatic N) is 1. The Kier molecular flexibility index (Phi) is 4.87. The van der Waals surface area contributed by atoms with Gasteiger partial charge in [0.05, 0.1) is 5.56 Å². The van der Waals surface area contributed by atoms with Crippen LogP contribution in [0.15, 0.2) is 36.4 Å². The molecule has 3 atom stereocenters. The molecule has 2 aromatic carbocycles. The first-order valence-corrected chi connectivity index (χ1v) is 9.27. The van der Waals surface area contributed by atoms with Gasteiger partial charge in [0.25, 0.3) is 6.43 Å². The van der Waals surface area contributed by atoms with Gasteiger partial charge in [0.1, 0.15) is 11.6 Å². The minimum atomic E-state index is -2.76. The second-order valence-corrected chi connectivity index (χ2v) is 7.53. The summed E-state index contributed by atoms with van der Waals surface area (Å²) in [6.45, 7) is 1.10. The Balaban J connectivity index is 1.69. The summed E-state index contributed by atoms with van der Waals surface area (Å²) in [5.74, 6) is -2.22. The third-order valence-electron chi connectivity index (χ3n) is 5.60. The molecule has 1 amide bonds. The van der Waals surface area contributed by atoms with Crippen molar-refractivity contribution in [3.8, 4) is 11.1 Å². The summed E-state index contributed by atoms with van der Waals surface area (Å²) in [5.41, 5.74) is 5.83. The molecule has 2 aromatic rings. The maximum atomic E-state index is 14.4. The summed E-state index contributed by atoms with van der Waals surface area (Å²) >= 11 is 0. The molecule has 1 aliphatic heterocycles. The van der Waals surface area contributed by atoms with Gasteiger partial charge in [-0.3, -0.25) is 4.79 Å². The molecule has 0 spiro atoms. The maximum Gasteiger partial charge on any atom is 0.263 e. The van der Waals surface area contributed by atoms with Gasteiger partial charge in [-0.2, -0.15) is 0 Å². The molecular weight excluding hydrogens is 372 g/mol. The number of carbonyl (C=O) groups excluding carboxylic acids is 1. The Morgan fingerprint density at radius 3 is 2.46 bits per heavy atom. The molecule has 0 radical (unpaired) electrons. The standard InChI is InChI=1S/C21H20F4N2O/c22-17-2-1-3-18(23)19(17)15-8-11(20(24)25)4-5-13(15)14-9-16(14)21(28)27-7-6-12(26)10-27/h1-5,8,12,14,16,20H,6-7,9-10,26H2. The van der Waals surface area contributed by atoms with Crippen LogP contribution in [-0.4, -0.2) is 29.9 Å². The number of rotatable bonds is 4. The predicted octanol–water partition coefficient (Wildman–Crippen LogP) is 4.23. The Bertz CT molecular complexity index is 897. The van der Waals surface area contributed by atoms with Crippen LogP contribution in [0.3, 0.4) is 0 Å². The van der Waals surface area contributed by atoms with Crippen molar-refractivity contribution in [2.24, 2.45) is 11.7 Å². The first kappa shape index (κ1) is 18.9. The fourth-order valence-electron chi connectivity index (χ4n) is 4.04. The lowest BCUT2D eigenvalue weighted by atomic mass is 9.93. The van der Waals surface area contributed by atoms with Crippen LogP contribution in [0.5, 0.6) is 0 Å². The van der Waals surface area contributed by atoms with Crippen molar-refractivity contribution in [2.45, 2.75) is 31.2 Å². The van der Waals surface area contributed by atoms with Crippen LogP contribution in [0.2, 0.25) is 0 Å². The summed E-state index contributed by atoms with van der Waals surface area (Å²) in [4.78, 5) is 14.4. The Morgan fingerprint density at radius 1 is 1.14 bits per heavy atom. The third-order valence-corrected chi connectivity index (χ3v) is 5.60. The summed E-state index contributed by atoms with van der Waals surface area (Å²) < 4.78 is 55.1. The van der Waals surface area contributed by atoms with Gasteiger partial charge in [0, 0.05) is 30.6 Å². The predicted molar refractivity (Wildman–Crippen MR) is 96.8 cm³/mol. The van der Waals surface area contributed by atoms with Gasteiger partial charge in [0.15, 0.2) is 0 Å². The van der Waals surface area contributed by atoms with Crippen molar-refractivity contribution in [1.29, 1.82) is 0 Å². The van der Waals surface area contributed by atoms with Crippen molar-refractivity contribution in [1.82, 2.24) is 4.90 Å². The monoisotopic (exact) mass is 392 g/mol. The lowest BCUT2D eigenvalue weighted by Gasteiger charge is -2.17. The van der Waals surface area contributed by atoms with Crippen LogP contribution in [-0.2, 0) is 4.79 Å². The molecule has 2 N–H and O–H groups in total. The number of hydrogen-bond acceptors (Lipinski definition) is 2. The summed E-state index contributed by atoms with van der Waals surface area (Å²) in [7, 11) is 0. The van der Waals surface area contributed by atoms with Gasteiger partial charge < -0.3 is 10.6 Å². The second-order valence-electron chi connectivity index (χ2n) is 7.53. The van der Waals surface area contributed by atoms with Gasteiger partial charge in [0.2, 0.25) is 5.91 Å². The van der Waals surface area contributed by atoms with Gasteiger partial charge >= 0.3 is 0 Å². The highest BCUT2D eigenvalue weighted by molar-refractivity contribution is 5.84. The molecule has 0 aromatic heterocycles. The molecule has 0 bridgehead atoms. The number of nitrogens with two attached hydrogens (primary N) is 1. The minimum absolute atomic E-state index is 0.0316. The number of carbonyl (C=O) groups is 1. The molecule has 2 fully saturated rings. The van der Waals surface area contributed by atoms with E-state index in [0.717, 1.165) is 24.6 Å². The fraction of sp³-hybridized carbons (Fsp3) is 0.381. The normalized spacial score (nSPS) is 24.1. The number of halogens is 4. The van der Waals surface area contributed by atoms with Crippen molar-refractivity contribution in [2.75, 3.05) is 13.1 Å². The van der Waals surface area contributed by atoms with Crippen molar-refractivity contribution in [3.05, 3.63) is 59.2 Å². The molecule has 28 heavy (non-hydrogen) atoms. The van der Waals surface area contributed by atoms with Crippen molar-refractivity contribution >= 4 is 5.91 Å². The summed E-state index contributed by atoms with van der Waals surface area (Å²) in [6, 6.07) is 7.24. The summed E-state index contributed by atoms with van der Waals surface area (Å²) in [5, 5.41) is 0. The third kappa shape index (κ3) is 3.39. The lowest BCUT2D eigenvalue weighted by Crippen LogP contribution is -2.33. The van der Waals surface area contributed by atoms with E-state index in [1.54, 1.807) is 4.90 Å². The van der Waals surface area contributed by atoms with Crippen LogP contribution in [0.1, 0.15) is 36.3 Å². The number of alkyl halides is 2. The zero-order valence-electron chi connectivity index (χ0n) is 15.0. The number of amides is 1. The Hall–Kier alpha value is -2.41. The molecule has 1 heterocycles. The van der Waals surface area contributed by atoms with Crippen LogP contribution in [0, 0.1) is 17.6 Å².